The maximum Gasteiger partial charge on any atom is 0.252 e. The molecule has 1 amide bonds. The number of carbonyl (C=O) groups excluding carboxylic acids is 1. The van der Waals surface area contributed by atoms with Gasteiger partial charge in [-0.25, -0.2) is 9.50 Å². The van der Waals surface area contributed by atoms with Gasteiger partial charge in [0, 0.05) is 36.9 Å². The van der Waals surface area contributed by atoms with E-state index in [1.165, 1.54) is 6.33 Å². The molecule has 1 fully saturated rings. The molecule has 0 saturated carbocycles. The number of fused-ring (bicyclic) bond motifs is 1. The fourth-order valence-electron chi connectivity index (χ4n) is 3.73. The summed E-state index contributed by atoms with van der Waals surface area (Å²) >= 11 is 0. The van der Waals surface area contributed by atoms with Crippen LogP contribution in [0.1, 0.15) is 30.3 Å². The van der Waals surface area contributed by atoms with Crippen LogP contribution in [-0.4, -0.2) is 68.5 Å². The Bertz CT molecular complexity index is 753. The predicted molar refractivity (Wildman–Crippen MR) is 91.8 cm³/mol. The van der Waals surface area contributed by atoms with Gasteiger partial charge in [-0.1, -0.05) is 6.92 Å². The van der Waals surface area contributed by atoms with Gasteiger partial charge in [-0.2, -0.15) is 10.1 Å². The van der Waals surface area contributed by atoms with Crippen molar-refractivity contribution in [2.24, 2.45) is 5.92 Å². The molecule has 24 heavy (non-hydrogen) atoms. The van der Waals surface area contributed by atoms with Crippen LogP contribution < -0.4 is 0 Å². The van der Waals surface area contributed by atoms with Crippen molar-refractivity contribution in [1.82, 2.24) is 29.4 Å². The van der Waals surface area contributed by atoms with Gasteiger partial charge in [-0.15, -0.1) is 0 Å². The van der Waals surface area contributed by atoms with Crippen molar-refractivity contribution in [3.63, 3.8) is 0 Å². The van der Waals surface area contributed by atoms with Crippen molar-refractivity contribution in [2.45, 2.75) is 39.7 Å². The zero-order chi connectivity index (χ0) is 17.4. The molecule has 0 aromatic carbocycles. The summed E-state index contributed by atoms with van der Waals surface area (Å²) in [5.41, 5.74) is 3.04. The average Bonchev–Trinajstić information content (AvgIpc) is 3.13. The molecular weight excluding hydrogens is 304 g/mol. The van der Waals surface area contributed by atoms with E-state index in [4.69, 9.17) is 0 Å². The minimum atomic E-state index is 0.226. The van der Waals surface area contributed by atoms with Crippen molar-refractivity contribution in [2.75, 3.05) is 27.2 Å². The van der Waals surface area contributed by atoms with Crippen molar-refractivity contribution < 1.29 is 4.79 Å². The Hall–Kier alpha value is -2.02. The van der Waals surface area contributed by atoms with E-state index in [-0.39, 0.29) is 5.91 Å². The highest BCUT2D eigenvalue weighted by atomic mass is 16.2. The lowest BCUT2D eigenvalue weighted by Gasteiger charge is -2.22. The number of rotatable bonds is 4. The third kappa shape index (κ3) is 3.00. The Kier molecular flexibility index (Phi) is 4.54. The standard InChI is InChI=1S/C17H26N6O/c1-11-8-22(9-15(11)21(4)5)16(24)7-6-14-12(2)20-17-18-10-19-23(17)13(14)3/h10-11,15H,6-9H2,1-5H3/t11-,15+/m1/s1. The molecule has 3 rings (SSSR count). The Morgan fingerprint density at radius 2 is 2.08 bits per heavy atom. The summed E-state index contributed by atoms with van der Waals surface area (Å²) in [7, 11) is 4.17. The number of hydrogen-bond donors (Lipinski definition) is 0. The second kappa shape index (κ2) is 6.47. The lowest BCUT2D eigenvalue weighted by atomic mass is 10.1. The third-order valence-electron chi connectivity index (χ3n) is 5.17. The van der Waals surface area contributed by atoms with Crippen molar-refractivity contribution in [1.29, 1.82) is 0 Å². The van der Waals surface area contributed by atoms with Gasteiger partial charge in [0.1, 0.15) is 6.33 Å². The van der Waals surface area contributed by atoms with E-state index in [0.717, 1.165) is 30.0 Å². The zero-order valence-electron chi connectivity index (χ0n) is 15.2. The lowest BCUT2D eigenvalue weighted by Crippen LogP contribution is -2.35. The number of amides is 1. The fourth-order valence-corrected chi connectivity index (χ4v) is 3.73. The molecule has 0 spiro atoms. The smallest absolute Gasteiger partial charge is 0.252 e. The largest absolute Gasteiger partial charge is 0.341 e. The van der Waals surface area contributed by atoms with E-state index < -0.39 is 0 Å². The molecule has 2 aromatic heterocycles. The highest BCUT2D eigenvalue weighted by Crippen LogP contribution is 2.22. The molecule has 0 radical (unpaired) electrons. The van der Waals surface area contributed by atoms with Crippen LogP contribution in [-0.2, 0) is 11.2 Å². The topological polar surface area (TPSA) is 66.6 Å². The normalized spacial score (nSPS) is 21.2. The minimum absolute atomic E-state index is 0.226. The number of aryl methyl sites for hydroxylation is 2. The van der Waals surface area contributed by atoms with Crippen LogP contribution in [0.25, 0.3) is 5.78 Å². The zero-order valence-corrected chi connectivity index (χ0v) is 15.2. The molecule has 2 aromatic rings. The molecule has 3 heterocycles. The molecule has 1 aliphatic rings. The molecule has 0 N–H and O–H groups in total. The highest BCUT2D eigenvalue weighted by Gasteiger charge is 2.33. The highest BCUT2D eigenvalue weighted by molar-refractivity contribution is 5.77. The van der Waals surface area contributed by atoms with E-state index in [2.05, 4.69) is 41.0 Å². The Morgan fingerprint density at radius 1 is 1.33 bits per heavy atom. The summed E-state index contributed by atoms with van der Waals surface area (Å²) in [6.45, 7) is 7.87. The van der Waals surface area contributed by atoms with E-state index in [1.807, 2.05) is 18.7 Å². The van der Waals surface area contributed by atoms with Gasteiger partial charge >= 0.3 is 0 Å². The summed E-state index contributed by atoms with van der Waals surface area (Å²) in [4.78, 5) is 25.5. The average molecular weight is 330 g/mol. The molecule has 1 aliphatic heterocycles. The van der Waals surface area contributed by atoms with Crippen LogP contribution in [0.4, 0.5) is 0 Å². The Labute approximate surface area is 142 Å². The first-order valence-electron chi connectivity index (χ1n) is 8.48. The van der Waals surface area contributed by atoms with Gasteiger partial charge in [0.05, 0.1) is 0 Å². The summed E-state index contributed by atoms with van der Waals surface area (Å²) in [6, 6.07) is 0.450. The van der Waals surface area contributed by atoms with Gasteiger partial charge in [0.25, 0.3) is 5.78 Å². The maximum absolute atomic E-state index is 12.6. The number of likely N-dealkylation sites (N-methyl/N-ethyl adjacent to an activating group) is 1. The number of likely N-dealkylation sites (tertiary alicyclic amines) is 1. The number of nitrogens with zero attached hydrogens (tertiary/aromatic N) is 6. The Balaban J connectivity index is 1.69. The SMILES string of the molecule is Cc1nc2ncnn2c(C)c1CCC(=O)N1C[C@@H](C)[C@@H](N(C)C)C1. The van der Waals surface area contributed by atoms with Crippen LogP contribution >= 0.6 is 0 Å². The number of carbonyl (C=O) groups is 1. The van der Waals surface area contributed by atoms with Crippen molar-refractivity contribution >= 4 is 11.7 Å². The van der Waals surface area contributed by atoms with Gasteiger partial charge in [0.15, 0.2) is 0 Å². The second-order valence-corrected chi connectivity index (χ2v) is 7.04. The monoisotopic (exact) mass is 330 g/mol. The van der Waals surface area contributed by atoms with E-state index >= 15 is 0 Å². The van der Waals surface area contributed by atoms with E-state index in [1.54, 1.807) is 4.52 Å². The molecule has 1 saturated heterocycles. The molecule has 7 nitrogen and oxygen atoms in total. The van der Waals surface area contributed by atoms with Crippen molar-refractivity contribution in [3.8, 4) is 0 Å². The molecule has 0 unspecified atom stereocenters. The van der Waals surface area contributed by atoms with Crippen LogP contribution in [0.15, 0.2) is 6.33 Å². The lowest BCUT2D eigenvalue weighted by molar-refractivity contribution is -0.130. The summed E-state index contributed by atoms with van der Waals surface area (Å²) in [6.07, 6.45) is 2.71. The fraction of sp³-hybridized carbons (Fsp3) is 0.647. The van der Waals surface area contributed by atoms with Crippen LogP contribution in [0, 0.1) is 19.8 Å². The first-order chi connectivity index (χ1) is 11.4. The second-order valence-electron chi connectivity index (χ2n) is 7.04. The van der Waals surface area contributed by atoms with E-state index in [9.17, 15) is 4.79 Å². The summed E-state index contributed by atoms with van der Waals surface area (Å²) < 4.78 is 1.74. The molecule has 0 bridgehead atoms. The first kappa shape index (κ1) is 16.8. The molecular formula is C17H26N6O. The molecule has 130 valence electrons. The van der Waals surface area contributed by atoms with Crippen molar-refractivity contribution in [3.05, 3.63) is 23.3 Å². The van der Waals surface area contributed by atoms with Crippen LogP contribution in [0.5, 0.6) is 0 Å². The number of hydrogen-bond acceptors (Lipinski definition) is 5. The summed E-state index contributed by atoms with van der Waals surface area (Å²) in [5.74, 6) is 1.35. The minimum Gasteiger partial charge on any atom is -0.341 e. The van der Waals surface area contributed by atoms with E-state index in [0.29, 0.717) is 30.6 Å². The molecule has 0 aliphatic carbocycles. The van der Waals surface area contributed by atoms with Crippen LogP contribution in [0.3, 0.4) is 0 Å². The van der Waals surface area contributed by atoms with Crippen LogP contribution in [0.2, 0.25) is 0 Å². The van der Waals surface area contributed by atoms with Gasteiger partial charge in [-0.3, -0.25) is 4.79 Å². The Morgan fingerprint density at radius 3 is 2.75 bits per heavy atom. The van der Waals surface area contributed by atoms with Gasteiger partial charge < -0.3 is 9.80 Å². The molecule has 2 atom stereocenters. The summed E-state index contributed by atoms with van der Waals surface area (Å²) in [5, 5.41) is 4.21. The number of aromatic nitrogens is 4. The van der Waals surface area contributed by atoms with Gasteiger partial charge in [-0.05, 0) is 45.8 Å². The third-order valence-corrected chi connectivity index (χ3v) is 5.17. The first-order valence-corrected chi connectivity index (χ1v) is 8.48. The maximum atomic E-state index is 12.6. The van der Waals surface area contributed by atoms with Gasteiger partial charge in [0.2, 0.25) is 5.91 Å². The molecule has 7 heteroatoms. The predicted octanol–water partition coefficient (Wildman–Crippen LogP) is 1.08. The quantitative estimate of drug-likeness (QED) is 0.839.